The van der Waals surface area contributed by atoms with Crippen LogP contribution in [0.4, 0.5) is 5.69 Å². The number of nitro benzene ring substituents is 1. The average Bonchev–Trinajstić information content (AvgIpc) is 2.26. The van der Waals surface area contributed by atoms with Crippen LogP contribution in [0, 0.1) is 23.0 Å². The van der Waals surface area contributed by atoms with Crippen LogP contribution in [0.5, 0.6) is 0 Å². The van der Waals surface area contributed by atoms with E-state index in [2.05, 4.69) is 6.92 Å². The smallest absolute Gasteiger partial charge is 0.258 e. The van der Waals surface area contributed by atoms with E-state index in [1.807, 2.05) is 6.07 Å². The van der Waals surface area contributed by atoms with Gasteiger partial charge in [-0.25, -0.2) is 0 Å². The molecule has 0 aliphatic heterocycles. The highest BCUT2D eigenvalue weighted by Gasteiger charge is 2.13. The van der Waals surface area contributed by atoms with Crippen LogP contribution >= 0.6 is 23.4 Å². The van der Waals surface area contributed by atoms with Crippen molar-refractivity contribution in [2.24, 2.45) is 5.92 Å². The average molecular weight is 260 g/mol. The third kappa shape index (κ3) is 3.39. The van der Waals surface area contributed by atoms with Crippen molar-refractivity contribution in [2.75, 3.05) is 11.6 Å². The summed E-state index contributed by atoms with van der Waals surface area (Å²) in [6.45, 7) is 3.85. The van der Waals surface area contributed by atoms with Crippen molar-refractivity contribution < 1.29 is 4.92 Å². The normalized spacial score (nSPS) is 12.4. The minimum absolute atomic E-state index is 0.184. The van der Waals surface area contributed by atoms with Crippen molar-refractivity contribution in [3.05, 3.63) is 33.9 Å². The van der Waals surface area contributed by atoms with Gasteiger partial charge >= 0.3 is 0 Å². The summed E-state index contributed by atoms with van der Waals surface area (Å²) in [6, 6.07) is 5.16. The second-order valence-electron chi connectivity index (χ2n) is 3.73. The third-order valence-corrected chi connectivity index (χ3v) is 4.25. The molecule has 88 valence electrons. The van der Waals surface area contributed by atoms with E-state index in [9.17, 15) is 10.1 Å². The summed E-state index contributed by atoms with van der Waals surface area (Å²) in [7, 11) is 0. The topological polar surface area (TPSA) is 43.1 Å². The van der Waals surface area contributed by atoms with Crippen molar-refractivity contribution in [2.45, 2.75) is 18.7 Å². The molecule has 0 fully saturated rings. The van der Waals surface area contributed by atoms with Crippen LogP contribution in [0.2, 0.25) is 0 Å². The molecule has 0 aliphatic rings. The molecule has 0 saturated heterocycles. The van der Waals surface area contributed by atoms with Crippen LogP contribution in [0.1, 0.15) is 12.5 Å². The lowest BCUT2D eigenvalue weighted by Gasteiger charge is -2.09. The summed E-state index contributed by atoms with van der Waals surface area (Å²) < 4.78 is 0. The maximum Gasteiger partial charge on any atom is 0.273 e. The first-order valence-electron chi connectivity index (χ1n) is 4.99. The highest BCUT2D eigenvalue weighted by molar-refractivity contribution is 7.99. The van der Waals surface area contributed by atoms with Gasteiger partial charge in [0.15, 0.2) is 0 Å². The zero-order valence-electron chi connectivity index (χ0n) is 9.27. The molecule has 0 spiro atoms. The number of nitrogens with zero attached hydrogens (tertiary/aromatic N) is 1. The summed E-state index contributed by atoms with van der Waals surface area (Å²) in [4.78, 5) is 11.4. The summed E-state index contributed by atoms with van der Waals surface area (Å²) >= 11 is 7.34. The van der Waals surface area contributed by atoms with Gasteiger partial charge in [0.2, 0.25) is 0 Å². The van der Waals surface area contributed by atoms with E-state index in [1.54, 1.807) is 24.8 Å². The Morgan fingerprint density at radius 3 is 2.81 bits per heavy atom. The Kier molecular flexibility index (Phi) is 5.09. The van der Waals surface area contributed by atoms with E-state index in [-0.39, 0.29) is 10.6 Å². The second-order valence-corrected chi connectivity index (χ2v) is 5.10. The van der Waals surface area contributed by atoms with Crippen molar-refractivity contribution in [3.63, 3.8) is 0 Å². The molecule has 0 bridgehead atoms. The molecular weight excluding hydrogens is 246 g/mol. The Morgan fingerprint density at radius 1 is 1.56 bits per heavy atom. The monoisotopic (exact) mass is 259 g/mol. The van der Waals surface area contributed by atoms with Gasteiger partial charge in [-0.05, 0) is 18.9 Å². The molecule has 1 atom stereocenters. The SMILES string of the molecule is Cc1c(SCC(C)CCl)cccc1[N+](=O)[O-]. The Labute approximate surface area is 104 Å². The fourth-order valence-corrected chi connectivity index (χ4v) is 2.55. The number of rotatable bonds is 5. The fraction of sp³-hybridized carbons (Fsp3) is 0.455. The molecule has 0 N–H and O–H groups in total. The summed E-state index contributed by atoms with van der Waals surface area (Å²) in [5, 5.41) is 10.7. The first-order chi connectivity index (χ1) is 7.56. The number of thioether (sulfide) groups is 1. The van der Waals surface area contributed by atoms with Gasteiger partial charge in [0, 0.05) is 28.2 Å². The minimum atomic E-state index is -0.343. The molecule has 0 aromatic heterocycles. The first-order valence-corrected chi connectivity index (χ1v) is 6.51. The number of halogens is 1. The van der Waals surface area contributed by atoms with Crippen molar-refractivity contribution in [1.29, 1.82) is 0 Å². The molecule has 3 nitrogen and oxygen atoms in total. The third-order valence-electron chi connectivity index (χ3n) is 2.24. The zero-order valence-corrected chi connectivity index (χ0v) is 10.8. The van der Waals surface area contributed by atoms with E-state index in [4.69, 9.17) is 11.6 Å². The molecule has 0 aliphatic carbocycles. The van der Waals surface area contributed by atoms with Crippen LogP contribution in [0.15, 0.2) is 23.1 Å². The lowest BCUT2D eigenvalue weighted by atomic mass is 10.2. The second kappa shape index (κ2) is 6.11. The molecule has 16 heavy (non-hydrogen) atoms. The number of alkyl halides is 1. The molecule has 5 heteroatoms. The molecule has 0 amide bonds. The molecule has 0 heterocycles. The molecule has 0 radical (unpaired) electrons. The molecule has 1 unspecified atom stereocenters. The Balaban J connectivity index is 2.81. The van der Waals surface area contributed by atoms with Gasteiger partial charge < -0.3 is 0 Å². The fourth-order valence-electron chi connectivity index (χ4n) is 1.23. The standard InChI is InChI=1S/C11H14ClNO2S/c1-8(6-12)7-16-11-5-3-4-10(9(11)2)13(14)15/h3-5,8H,6-7H2,1-2H3. The largest absolute Gasteiger partial charge is 0.273 e. The zero-order chi connectivity index (χ0) is 12.1. The molecular formula is C11H14ClNO2S. The van der Waals surface area contributed by atoms with Crippen LogP contribution < -0.4 is 0 Å². The molecule has 1 aromatic carbocycles. The van der Waals surface area contributed by atoms with Gasteiger partial charge in [-0.1, -0.05) is 13.0 Å². The molecule has 0 saturated carbocycles. The van der Waals surface area contributed by atoms with E-state index >= 15 is 0 Å². The van der Waals surface area contributed by atoms with Gasteiger partial charge in [0.25, 0.3) is 5.69 Å². The predicted molar refractivity (Wildman–Crippen MR) is 68.4 cm³/mol. The minimum Gasteiger partial charge on any atom is -0.258 e. The Hall–Kier alpha value is -0.740. The van der Waals surface area contributed by atoms with E-state index < -0.39 is 0 Å². The summed E-state index contributed by atoms with van der Waals surface area (Å²) in [6.07, 6.45) is 0. The van der Waals surface area contributed by atoms with Crippen molar-refractivity contribution in [3.8, 4) is 0 Å². The quantitative estimate of drug-likeness (QED) is 0.349. The number of nitro groups is 1. The van der Waals surface area contributed by atoms with Gasteiger partial charge in [-0.2, -0.15) is 0 Å². The maximum atomic E-state index is 10.7. The van der Waals surface area contributed by atoms with Crippen LogP contribution in [0.3, 0.4) is 0 Å². The summed E-state index contributed by atoms with van der Waals surface area (Å²) in [5.41, 5.74) is 0.919. The number of hydrogen-bond acceptors (Lipinski definition) is 3. The Morgan fingerprint density at radius 2 is 2.25 bits per heavy atom. The predicted octanol–water partition coefficient (Wildman–Crippen LogP) is 3.87. The van der Waals surface area contributed by atoms with Crippen LogP contribution in [0.25, 0.3) is 0 Å². The highest BCUT2D eigenvalue weighted by Crippen LogP contribution is 2.30. The molecule has 1 aromatic rings. The number of hydrogen-bond donors (Lipinski definition) is 0. The van der Waals surface area contributed by atoms with Gasteiger partial charge in [0.1, 0.15) is 0 Å². The lowest BCUT2D eigenvalue weighted by molar-refractivity contribution is -0.385. The lowest BCUT2D eigenvalue weighted by Crippen LogP contribution is -2.00. The van der Waals surface area contributed by atoms with E-state index in [0.717, 1.165) is 16.2 Å². The van der Waals surface area contributed by atoms with Gasteiger partial charge in [-0.15, -0.1) is 23.4 Å². The highest BCUT2D eigenvalue weighted by atomic mass is 35.5. The van der Waals surface area contributed by atoms with Crippen molar-refractivity contribution >= 4 is 29.1 Å². The van der Waals surface area contributed by atoms with Crippen LogP contribution in [-0.2, 0) is 0 Å². The molecule has 1 rings (SSSR count). The van der Waals surface area contributed by atoms with E-state index in [1.165, 1.54) is 6.07 Å². The van der Waals surface area contributed by atoms with Crippen LogP contribution in [-0.4, -0.2) is 16.6 Å². The first kappa shape index (κ1) is 13.3. The number of benzene rings is 1. The summed E-state index contributed by atoms with van der Waals surface area (Å²) in [5.74, 6) is 1.90. The van der Waals surface area contributed by atoms with Gasteiger partial charge in [-0.3, -0.25) is 10.1 Å². The van der Waals surface area contributed by atoms with Gasteiger partial charge in [0.05, 0.1) is 4.92 Å². The van der Waals surface area contributed by atoms with Crippen molar-refractivity contribution in [1.82, 2.24) is 0 Å². The Bertz CT molecular complexity index is 384. The van der Waals surface area contributed by atoms with E-state index in [0.29, 0.717) is 11.8 Å². The maximum absolute atomic E-state index is 10.7.